The van der Waals surface area contributed by atoms with Gasteiger partial charge in [0.2, 0.25) is 6.79 Å². The molecule has 124 valence electrons. The molecule has 0 aromatic heterocycles. The number of allylic oxidation sites excluding steroid dienone is 2. The molecule has 0 saturated heterocycles. The zero-order chi connectivity index (χ0) is 17.0. The van der Waals surface area contributed by atoms with Crippen molar-refractivity contribution >= 4 is 17.6 Å². The second-order valence-corrected chi connectivity index (χ2v) is 7.60. The van der Waals surface area contributed by atoms with E-state index >= 15 is 0 Å². The first-order valence-corrected chi connectivity index (χ1v) is 8.04. The zero-order valence-electron chi connectivity index (χ0n) is 13.8. The van der Waals surface area contributed by atoms with Crippen LogP contribution in [0.5, 0.6) is 11.5 Å². The molecule has 23 heavy (non-hydrogen) atoms. The second-order valence-electron chi connectivity index (χ2n) is 7.19. The van der Waals surface area contributed by atoms with Crippen molar-refractivity contribution in [3.05, 3.63) is 34.4 Å². The van der Waals surface area contributed by atoms with Gasteiger partial charge in [-0.1, -0.05) is 37.1 Å². The van der Waals surface area contributed by atoms with Gasteiger partial charge in [0.15, 0.2) is 11.5 Å². The van der Waals surface area contributed by atoms with E-state index in [0.717, 1.165) is 11.1 Å². The summed E-state index contributed by atoms with van der Waals surface area (Å²) < 4.78 is 10.7. The highest BCUT2D eigenvalue weighted by atomic mass is 35.5. The fraction of sp³-hybridized carbons (Fsp3) is 0.500. The van der Waals surface area contributed by atoms with Gasteiger partial charge < -0.3 is 14.6 Å². The molecule has 2 unspecified atom stereocenters. The monoisotopic (exact) mass is 336 g/mol. The normalized spacial score (nSPS) is 26.7. The molecule has 2 aliphatic rings. The van der Waals surface area contributed by atoms with Crippen molar-refractivity contribution in [1.29, 1.82) is 0 Å². The van der Waals surface area contributed by atoms with Crippen molar-refractivity contribution < 1.29 is 19.4 Å². The molecule has 2 atom stereocenters. The van der Waals surface area contributed by atoms with E-state index in [0.29, 0.717) is 22.9 Å². The number of carboxylic acid groups (broad SMARTS) is 1. The minimum absolute atomic E-state index is 0.0148. The van der Waals surface area contributed by atoms with Crippen LogP contribution < -0.4 is 9.47 Å². The predicted molar refractivity (Wildman–Crippen MR) is 88.0 cm³/mol. The number of rotatable bonds is 4. The summed E-state index contributed by atoms with van der Waals surface area (Å²) in [4.78, 5) is 12.1. The molecule has 3 rings (SSSR count). The molecule has 0 amide bonds. The lowest BCUT2D eigenvalue weighted by Crippen LogP contribution is -2.24. The lowest BCUT2D eigenvalue weighted by Gasteiger charge is -2.17. The molecule has 5 heteroatoms. The van der Waals surface area contributed by atoms with Gasteiger partial charge in [-0.15, -0.1) is 0 Å². The Morgan fingerprint density at radius 3 is 2.52 bits per heavy atom. The van der Waals surface area contributed by atoms with Crippen molar-refractivity contribution in [2.75, 3.05) is 6.79 Å². The number of benzene rings is 1. The van der Waals surface area contributed by atoms with Gasteiger partial charge in [0.25, 0.3) is 0 Å². The van der Waals surface area contributed by atoms with E-state index in [9.17, 15) is 9.90 Å². The second kappa shape index (κ2) is 5.17. The fourth-order valence-electron chi connectivity index (χ4n) is 3.80. The highest BCUT2D eigenvalue weighted by Crippen LogP contribution is 2.71. The minimum atomic E-state index is -0.846. The lowest BCUT2D eigenvalue weighted by atomic mass is 9.88. The van der Waals surface area contributed by atoms with Crippen molar-refractivity contribution in [2.45, 2.75) is 34.1 Å². The van der Waals surface area contributed by atoms with Crippen LogP contribution in [0.25, 0.3) is 0 Å². The molecule has 1 N–H and O–H groups in total. The summed E-state index contributed by atoms with van der Waals surface area (Å²) >= 11 is 6.35. The number of ether oxygens (including phenoxy) is 2. The molecular weight excluding hydrogens is 316 g/mol. The number of aliphatic carboxylic acids is 1. The summed E-state index contributed by atoms with van der Waals surface area (Å²) in [6.07, 6.45) is 2.44. The molecular formula is C18H21ClO4. The predicted octanol–water partition coefficient (Wildman–Crippen LogP) is 4.30. The van der Waals surface area contributed by atoms with E-state index in [1.54, 1.807) is 6.07 Å². The molecule has 1 fully saturated rings. The molecule has 1 aromatic carbocycles. The molecule has 1 heterocycles. The van der Waals surface area contributed by atoms with Crippen LogP contribution in [0.3, 0.4) is 0 Å². The van der Waals surface area contributed by atoms with Crippen LogP contribution in [-0.2, 0) is 11.2 Å². The highest BCUT2D eigenvalue weighted by Gasteiger charge is 2.74. The van der Waals surface area contributed by atoms with E-state index in [4.69, 9.17) is 21.1 Å². The summed E-state index contributed by atoms with van der Waals surface area (Å²) in [5, 5.41) is 10.5. The Labute approximate surface area is 141 Å². The molecule has 4 nitrogen and oxygen atoms in total. The first kappa shape index (κ1) is 16.2. The van der Waals surface area contributed by atoms with Crippen LogP contribution in [0, 0.1) is 16.7 Å². The summed E-state index contributed by atoms with van der Waals surface area (Å²) in [5.41, 5.74) is 0.747. The average molecular weight is 337 g/mol. The highest BCUT2D eigenvalue weighted by molar-refractivity contribution is 6.31. The van der Waals surface area contributed by atoms with Gasteiger partial charge in [0.1, 0.15) is 0 Å². The average Bonchev–Trinajstić information content (AvgIpc) is 2.75. The van der Waals surface area contributed by atoms with Crippen LogP contribution in [0.1, 0.15) is 33.3 Å². The van der Waals surface area contributed by atoms with Crippen molar-refractivity contribution in [1.82, 2.24) is 0 Å². The van der Waals surface area contributed by atoms with Gasteiger partial charge in [-0.05, 0) is 37.3 Å². The summed E-state index contributed by atoms with van der Waals surface area (Å²) in [5.74, 6) is 0.443. The van der Waals surface area contributed by atoms with Gasteiger partial charge in [-0.25, -0.2) is 0 Å². The van der Waals surface area contributed by atoms with Gasteiger partial charge >= 0.3 is 5.97 Å². The van der Waals surface area contributed by atoms with Gasteiger partial charge in [-0.3, -0.25) is 4.79 Å². The maximum absolute atomic E-state index is 12.1. The Kier molecular flexibility index (Phi) is 3.64. The van der Waals surface area contributed by atoms with Crippen LogP contribution >= 0.6 is 11.6 Å². The van der Waals surface area contributed by atoms with Crippen molar-refractivity contribution in [3.8, 4) is 11.5 Å². The van der Waals surface area contributed by atoms with E-state index in [-0.39, 0.29) is 18.1 Å². The van der Waals surface area contributed by atoms with Gasteiger partial charge in [0.05, 0.1) is 5.41 Å². The zero-order valence-corrected chi connectivity index (χ0v) is 14.5. The lowest BCUT2D eigenvalue weighted by molar-refractivity contribution is -0.145. The van der Waals surface area contributed by atoms with E-state index in [1.165, 1.54) is 0 Å². The first-order valence-electron chi connectivity index (χ1n) is 7.66. The third-order valence-electron chi connectivity index (χ3n) is 5.27. The summed E-state index contributed by atoms with van der Waals surface area (Å²) in [6, 6.07) is 3.52. The van der Waals surface area contributed by atoms with E-state index < -0.39 is 11.4 Å². The molecule has 1 aliphatic carbocycles. The molecule has 1 saturated carbocycles. The SMILES string of the molecule is CC(C)=CC1C(C)(C)C1(Cc1cc2c(cc1Cl)OCO2)C(=O)O. The molecule has 0 bridgehead atoms. The Balaban J connectivity index is 2.00. The van der Waals surface area contributed by atoms with Crippen LogP contribution in [0.15, 0.2) is 23.8 Å². The fourth-order valence-corrected chi connectivity index (χ4v) is 4.02. The third-order valence-corrected chi connectivity index (χ3v) is 5.62. The van der Waals surface area contributed by atoms with Gasteiger partial charge in [-0.2, -0.15) is 0 Å². The summed E-state index contributed by atoms with van der Waals surface area (Å²) in [7, 11) is 0. The summed E-state index contributed by atoms with van der Waals surface area (Å²) in [6.45, 7) is 8.17. The van der Waals surface area contributed by atoms with E-state index in [2.05, 4.69) is 6.08 Å². The molecule has 1 aromatic rings. The maximum Gasteiger partial charge on any atom is 0.311 e. The number of fused-ring (bicyclic) bond motifs is 1. The van der Waals surface area contributed by atoms with Crippen LogP contribution in [0.2, 0.25) is 5.02 Å². The van der Waals surface area contributed by atoms with E-state index in [1.807, 2.05) is 33.8 Å². The van der Waals surface area contributed by atoms with Crippen molar-refractivity contribution in [2.24, 2.45) is 16.7 Å². The van der Waals surface area contributed by atoms with Crippen LogP contribution in [0.4, 0.5) is 0 Å². The standard InChI is InChI=1S/C18H21ClO4/c1-10(2)5-15-17(3,4)18(15,16(20)21)8-11-6-13-14(7-12(11)19)23-9-22-13/h5-7,15H,8-9H2,1-4H3,(H,20,21). The Bertz CT molecular complexity index is 703. The number of hydrogen-bond donors (Lipinski definition) is 1. The molecule has 1 aliphatic heterocycles. The maximum atomic E-state index is 12.1. The first-order chi connectivity index (χ1) is 10.7. The quantitative estimate of drug-likeness (QED) is 0.833. The molecule has 0 spiro atoms. The Hall–Kier alpha value is -1.68. The largest absolute Gasteiger partial charge is 0.481 e. The third kappa shape index (κ3) is 2.31. The van der Waals surface area contributed by atoms with Crippen LogP contribution in [-0.4, -0.2) is 17.9 Å². The van der Waals surface area contributed by atoms with Gasteiger partial charge in [0, 0.05) is 17.0 Å². The topological polar surface area (TPSA) is 55.8 Å². The Morgan fingerprint density at radius 1 is 1.35 bits per heavy atom. The Morgan fingerprint density at radius 2 is 1.96 bits per heavy atom. The number of carboxylic acids is 1. The van der Waals surface area contributed by atoms with Crippen molar-refractivity contribution in [3.63, 3.8) is 0 Å². The number of halogens is 1. The number of hydrogen-bond acceptors (Lipinski definition) is 3. The minimum Gasteiger partial charge on any atom is -0.481 e. The smallest absolute Gasteiger partial charge is 0.311 e. The number of carbonyl (C=O) groups is 1. The molecule has 0 radical (unpaired) electrons.